The number of phenolic OH excluding ortho intramolecular Hbond substituents is 1. The van der Waals surface area contributed by atoms with Crippen LogP contribution in [0.2, 0.25) is 0 Å². The lowest BCUT2D eigenvalue weighted by atomic mass is 10.0. The fourth-order valence-corrected chi connectivity index (χ4v) is 3.85. The van der Waals surface area contributed by atoms with Gasteiger partial charge in [-0.1, -0.05) is 24.3 Å². The minimum absolute atomic E-state index is 0.0776. The third-order valence-electron chi connectivity index (χ3n) is 4.47. The fraction of sp³-hybridized carbons (Fsp3) is 0.125. The minimum Gasteiger partial charge on any atom is -0.508 e. The molecule has 0 unspecified atom stereocenters. The molecule has 0 spiro atoms. The van der Waals surface area contributed by atoms with Crippen LogP contribution in [0.25, 0.3) is 17.2 Å². The third-order valence-corrected chi connectivity index (χ3v) is 5.36. The van der Waals surface area contributed by atoms with Gasteiger partial charge in [0.05, 0.1) is 13.7 Å². The van der Waals surface area contributed by atoms with E-state index < -0.39 is 11.9 Å². The van der Waals surface area contributed by atoms with E-state index in [1.165, 1.54) is 29.5 Å². The third kappa shape index (κ3) is 5.14. The standard InChI is InChI=1S/C24H20N2O5S/c1-3-31-24(29)21-20(16-6-10-19(30-2)11-7-16)14-32-23(21)26-22(28)17(13-25)12-15-4-8-18(27)9-5-15/h4-12,14,27H,3H2,1-2H3,(H,26,28)/b17-12-. The molecule has 1 heterocycles. The summed E-state index contributed by atoms with van der Waals surface area (Å²) in [6, 6.07) is 15.1. The minimum atomic E-state index is -0.658. The highest BCUT2D eigenvalue weighted by Gasteiger charge is 2.23. The zero-order valence-electron chi connectivity index (χ0n) is 17.4. The first-order valence-corrected chi connectivity index (χ1v) is 10.5. The van der Waals surface area contributed by atoms with Gasteiger partial charge in [0.15, 0.2) is 0 Å². The van der Waals surface area contributed by atoms with Gasteiger partial charge in [-0.25, -0.2) is 4.79 Å². The molecule has 2 N–H and O–H groups in total. The van der Waals surface area contributed by atoms with Crippen molar-refractivity contribution in [2.75, 3.05) is 19.0 Å². The fourth-order valence-electron chi connectivity index (χ4n) is 2.90. The maximum absolute atomic E-state index is 12.8. The van der Waals surface area contributed by atoms with Crippen molar-refractivity contribution < 1.29 is 24.2 Å². The number of benzene rings is 2. The second-order valence-corrected chi connectivity index (χ2v) is 7.40. The van der Waals surface area contributed by atoms with Crippen LogP contribution in [0.3, 0.4) is 0 Å². The number of aromatic hydroxyl groups is 1. The van der Waals surface area contributed by atoms with Crippen LogP contribution in [-0.4, -0.2) is 30.7 Å². The predicted octanol–water partition coefficient (Wildman–Crippen LogP) is 4.85. The number of ether oxygens (including phenoxy) is 2. The van der Waals surface area contributed by atoms with Crippen LogP contribution in [-0.2, 0) is 9.53 Å². The van der Waals surface area contributed by atoms with E-state index in [0.29, 0.717) is 16.9 Å². The van der Waals surface area contributed by atoms with Crippen molar-refractivity contribution in [3.05, 3.63) is 70.6 Å². The van der Waals surface area contributed by atoms with Gasteiger partial charge in [0.2, 0.25) is 0 Å². The maximum atomic E-state index is 12.8. The maximum Gasteiger partial charge on any atom is 0.341 e. The van der Waals surface area contributed by atoms with Crippen molar-refractivity contribution in [2.24, 2.45) is 0 Å². The second-order valence-electron chi connectivity index (χ2n) is 6.52. The number of carbonyl (C=O) groups excluding carboxylic acids is 2. The SMILES string of the molecule is CCOC(=O)c1c(-c2ccc(OC)cc2)csc1NC(=O)/C(C#N)=C\c1ccc(O)cc1. The zero-order chi connectivity index (χ0) is 23.1. The van der Waals surface area contributed by atoms with Gasteiger partial charge in [-0.15, -0.1) is 11.3 Å². The van der Waals surface area contributed by atoms with E-state index in [2.05, 4.69) is 5.32 Å². The summed E-state index contributed by atoms with van der Waals surface area (Å²) in [5, 5.41) is 23.5. The van der Waals surface area contributed by atoms with E-state index in [1.54, 1.807) is 55.8 Å². The van der Waals surface area contributed by atoms with Crippen molar-refractivity contribution in [1.29, 1.82) is 5.26 Å². The molecule has 3 aromatic rings. The van der Waals surface area contributed by atoms with Gasteiger partial charge >= 0.3 is 5.97 Å². The van der Waals surface area contributed by atoms with Crippen molar-refractivity contribution in [3.8, 4) is 28.7 Å². The summed E-state index contributed by atoms with van der Waals surface area (Å²) >= 11 is 1.17. The zero-order valence-corrected chi connectivity index (χ0v) is 18.2. The van der Waals surface area contributed by atoms with Gasteiger partial charge in [0, 0.05) is 10.9 Å². The topological polar surface area (TPSA) is 109 Å². The van der Waals surface area contributed by atoms with Gasteiger partial charge in [-0.05, 0) is 48.4 Å². The van der Waals surface area contributed by atoms with Gasteiger partial charge in [0.1, 0.15) is 33.7 Å². The molecule has 2 aromatic carbocycles. The van der Waals surface area contributed by atoms with Crippen LogP contribution in [0.1, 0.15) is 22.8 Å². The lowest BCUT2D eigenvalue weighted by Crippen LogP contribution is -2.16. The number of phenols is 1. The van der Waals surface area contributed by atoms with Gasteiger partial charge in [-0.3, -0.25) is 4.79 Å². The highest BCUT2D eigenvalue weighted by Crippen LogP contribution is 2.37. The number of anilines is 1. The van der Waals surface area contributed by atoms with Crippen LogP contribution < -0.4 is 10.1 Å². The Balaban J connectivity index is 1.95. The largest absolute Gasteiger partial charge is 0.508 e. The van der Waals surface area contributed by atoms with Gasteiger partial charge in [-0.2, -0.15) is 5.26 Å². The smallest absolute Gasteiger partial charge is 0.341 e. The highest BCUT2D eigenvalue weighted by molar-refractivity contribution is 7.15. The Kier molecular flexibility index (Phi) is 7.26. The number of rotatable bonds is 7. The first-order valence-electron chi connectivity index (χ1n) is 9.62. The Labute approximate surface area is 189 Å². The highest BCUT2D eigenvalue weighted by atomic mass is 32.1. The number of methoxy groups -OCH3 is 1. The molecular formula is C24H20N2O5S. The molecule has 0 aliphatic rings. The molecule has 0 radical (unpaired) electrons. The van der Waals surface area contributed by atoms with Crippen LogP contribution in [0.4, 0.5) is 5.00 Å². The molecule has 0 aliphatic heterocycles. The molecule has 0 fully saturated rings. The molecule has 7 nitrogen and oxygen atoms in total. The quantitative estimate of drug-likeness (QED) is 0.304. The number of amides is 1. The Morgan fingerprint density at radius 2 is 1.84 bits per heavy atom. The van der Waals surface area contributed by atoms with Gasteiger partial charge < -0.3 is 19.9 Å². The van der Waals surface area contributed by atoms with E-state index in [9.17, 15) is 20.0 Å². The van der Waals surface area contributed by atoms with E-state index in [1.807, 2.05) is 6.07 Å². The van der Waals surface area contributed by atoms with E-state index >= 15 is 0 Å². The molecule has 0 aliphatic carbocycles. The van der Waals surface area contributed by atoms with E-state index in [4.69, 9.17) is 9.47 Å². The number of thiophene rings is 1. The average Bonchev–Trinajstić information content (AvgIpc) is 3.22. The van der Waals surface area contributed by atoms with Crippen molar-refractivity contribution >= 4 is 34.3 Å². The van der Waals surface area contributed by atoms with Crippen LogP contribution >= 0.6 is 11.3 Å². The summed E-state index contributed by atoms with van der Waals surface area (Å²) in [4.78, 5) is 25.5. The first-order chi connectivity index (χ1) is 15.5. The Hall–Kier alpha value is -4.09. The molecule has 162 valence electrons. The van der Waals surface area contributed by atoms with Crippen molar-refractivity contribution in [3.63, 3.8) is 0 Å². The number of carbonyl (C=O) groups is 2. The monoisotopic (exact) mass is 448 g/mol. The second kappa shape index (κ2) is 10.3. The molecule has 0 saturated heterocycles. The number of nitrogens with one attached hydrogen (secondary N) is 1. The summed E-state index contributed by atoms with van der Waals surface area (Å²) < 4.78 is 10.4. The molecule has 0 atom stereocenters. The van der Waals surface area contributed by atoms with Crippen molar-refractivity contribution in [2.45, 2.75) is 6.92 Å². The average molecular weight is 449 g/mol. The molecule has 1 aromatic heterocycles. The summed E-state index contributed by atoms with van der Waals surface area (Å²) in [5.74, 6) is -0.479. The predicted molar refractivity (Wildman–Crippen MR) is 123 cm³/mol. The van der Waals surface area contributed by atoms with Crippen LogP contribution in [0.5, 0.6) is 11.5 Å². The van der Waals surface area contributed by atoms with Gasteiger partial charge in [0.25, 0.3) is 5.91 Å². The number of hydrogen-bond acceptors (Lipinski definition) is 7. The lowest BCUT2D eigenvalue weighted by molar-refractivity contribution is -0.112. The van der Waals surface area contributed by atoms with Crippen LogP contribution in [0, 0.1) is 11.3 Å². The Morgan fingerprint density at radius 3 is 2.44 bits per heavy atom. The number of nitrogens with zero attached hydrogens (tertiary/aromatic N) is 1. The molecule has 32 heavy (non-hydrogen) atoms. The number of esters is 1. The van der Waals surface area contributed by atoms with Crippen molar-refractivity contribution in [1.82, 2.24) is 0 Å². The molecular weight excluding hydrogens is 428 g/mol. The number of nitriles is 1. The molecule has 0 saturated carbocycles. The molecule has 8 heteroatoms. The Morgan fingerprint density at radius 1 is 1.16 bits per heavy atom. The van der Waals surface area contributed by atoms with E-state index in [0.717, 1.165) is 5.56 Å². The molecule has 1 amide bonds. The summed E-state index contributed by atoms with van der Waals surface area (Å²) in [6.07, 6.45) is 1.40. The summed E-state index contributed by atoms with van der Waals surface area (Å²) in [5.41, 5.74) is 2.01. The first kappa shape index (κ1) is 22.6. The summed E-state index contributed by atoms with van der Waals surface area (Å²) in [7, 11) is 1.57. The summed E-state index contributed by atoms with van der Waals surface area (Å²) in [6.45, 7) is 1.87. The van der Waals surface area contributed by atoms with E-state index in [-0.39, 0.29) is 28.5 Å². The molecule has 0 bridgehead atoms. The lowest BCUT2D eigenvalue weighted by Gasteiger charge is -2.09. The van der Waals surface area contributed by atoms with Crippen LogP contribution in [0.15, 0.2) is 59.5 Å². The molecule has 3 rings (SSSR count). The Bertz CT molecular complexity index is 1190. The normalized spacial score (nSPS) is 10.8. The number of hydrogen-bond donors (Lipinski definition) is 2.